The molecule has 0 fully saturated rings. The van der Waals surface area contributed by atoms with Gasteiger partial charge in [-0.1, -0.05) is 139 Å². The van der Waals surface area contributed by atoms with Gasteiger partial charge in [-0.3, -0.25) is 0 Å². The normalized spacial score (nSPS) is 11.2. The summed E-state index contributed by atoms with van der Waals surface area (Å²) in [5.74, 6) is -0.790. The molecule has 0 unspecified atom stereocenters. The average molecular weight is 645 g/mol. The Morgan fingerprint density at radius 1 is 0.500 bits per heavy atom. The van der Waals surface area contributed by atoms with E-state index in [1.165, 1.54) is 38.5 Å². The molecule has 48 heavy (non-hydrogen) atoms. The first-order chi connectivity index (χ1) is 23.6. The molecule has 2 heterocycles. The maximum Gasteiger partial charge on any atom is 0.338 e. The van der Waals surface area contributed by atoms with E-state index in [-0.39, 0.29) is 0 Å². The fourth-order valence-corrected chi connectivity index (χ4v) is 6.05. The highest BCUT2D eigenvalue weighted by Crippen LogP contribution is 2.32. The fourth-order valence-electron chi connectivity index (χ4n) is 6.05. The van der Waals surface area contributed by atoms with E-state index >= 15 is 0 Å². The molecule has 0 spiro atoms. The number of nitrogens with zero attached hydrogens (tertiary/aromatic N) is 2. The molecule has 0 atom stereocenters. The lowest BCUT2D eigenvalue weighted by Gasteiger charge is -2.14. The molecule has 5 aromatic rings. The molecule has 6 nitrogen and oxygen atoms in total. The molecule has 0 aliphatic heterocycles. The van der Waals surface area contributed by atoms with Crippen molar-refractivity contribution in [3.8, 4) is 22.5 Å². The first kappa shape index (κ1) is 34.7. The van der Waals surface area contributed by atoms with Gasteiger partial charge in [0.15, 0.2) is 0 Å². The minimum absolute atomic E-state index is 0.362. The van der Waals surface area contributed by atoms with Gasteiger partial charge >= 0.3 is 11.9 Å². The number of benzene rings is 3. The number of esters is 2. The second-order valence-electron chi connectivity index (χ2n) is 12.5. The van der Waals surface area contributed by atoms with Crippen molar-refractivity contribution in [1.29, 1.82) is 0 Å². The van der Waals surface area contributed by atoms with Crippen LogP contribution in [-0.4, -0.2) is 35.1 Å². The molecule has 5 rings (SSSR count). The van der Waals surface area contributed by atoms with Crippen LogP contribution in [0.3, 0.4) is 0 Å². The van der Waals surface area contributed by atoms with E-state index in [0.717, 1.165) is 49.7 Å². The van der Waals surface area contributed by atoms with Crippen molar-refractivity contribution in [2.24, 2.45) is 0 Å². The molecule has 0 saturated heterocycles. The topological polar surface area (TPSA) is 78.4 Å². The molecule has 0 aliphatic carbocycles. The van der Waals surface area contributed by atoms with Crippen LogP contribution in [-0.2, 0) is 9.47 Å². The summed E-state index contributed by atoms with van der Waals surface area (Å²) in [5.41, 5.74) is 5.21. The maximum atomic E-state index is 13.7. The molecule has 0 aliphatic rings. The Labute approximate surface area is 284 Å². The predicted molar refractivity (Wildman–Crippen MR) is 195 cm³/mol. The molecule has 250 valence electrons. The number of carbonyl (C=O) groups excluding carboxylic acids is 2. The third kappa shape index (κ3) is 9.27. The zero-order valence-electron chi connectivity index (χ0n) is 28.5. The third-order valence-electron chi connectivity index (χ3n) is 8.78. The second-order valence-corrected chi connectivity index (χ2v) is 12.5. The van der Waals surface area contributed by atoms with Gasteiger partial charge in [-0.05, 0) is 37.1 Å². The molecule has 0 bridgehead atoms. The highest BCUT2D eigenvalue weighted by atomic mass is 16.5. The standard InChI is InChI=1S/C42H48N2O4/c1-3-5-7-9-11-19-25-47-41(45)35-28-37(31-21-15-13-16-22-31)43-39-30-40-34(27-33(35)39)36(29-38(44-40)32-23-17-14-18-24-32)42(46)48-26-20-12-10-8-6-4-2/h13-18,21-24,27-30H,3-12,19-20,25-26H2,1-2H3. The molecule has 0 saturated carbocycles. The number of carbonyl (C=O) groups is 2. The highest BCUT2D eigenvalue weighted by Gasteiger charge is 2.21. The van der Waals surface area contributed by atoms with Gasteiger partial charge in [-0.2, -0.15) is 0 Å². The minimum Gasteiger partial charge on any atom is -0.462 e. The molecular formula is C42H48N2O4. The van der Waals surface area contributed by atoms with Crippen molar-refractivity contribution < 1.29 is 19.1 Å². The maximum absolute atomic E-state index is 13.7. The van der Waals surface area contributed by atoms with E-state index in [2.05, 4.69) is 13.8 Å². The van der Waals surface area contributed by atoms with Gasteiger partial charge in [0.25, 0.3) is 0 Å². The van der Waals surface area contributed by atoms with Crippen molar-refractivity contribution >= 4 is 33.7 Å². The Hall–Kier alpha value is -4.58. The van der Waals surface area contributed by atoms with Crippen LogP contribution in [0.25, 0.3) is 44.3 Å². The van der Waals surface area contributed by atoms with E-state index in [1.54, 1.807) is 12.1 Å². The van der Waals surface area contributed by atoms with Crippen LogP contribution in [0.15, 0.2) is 84.9 Å². The van der Waals surface area contributed by atoms with Gasteiger partial charge < -0.3 is 9.47 Å². The third-order valence-corrected chi connectivity index (χ3v) is 8.78. The fraction of sp³-hybridized carbons (Fsp3) is 0.381. The van der Waals surface area contributed by atoms with E-state index in [9.17, 15) is 9.59 Å². The second kappa shape index (κ2) is 18.1. The number of pyridine rings is 2. The first-order valence-electron chi connectivity index (χ1n) is 17.8. The van der Waals surface area contributed by atoms with E-state index in [1.807, 2.05) is 72.8 Å². The summed E-state index contributed by atoms with van der Waals surface area (Å²) in [6, 6.07) is 27.0. The summed E-state index contributed by atoms with van der Waals surface area (Å²) in [4.78, 5) is 37.3. The van der Waals surface area contributed by atoms with Crippen LogP contribution in [0.2, 0.25) is 0 Å². The Morgan fingerprint density at radius 2 is 0.896 bits per heavy atom. The SMILES string of the molecule is CCCCCCCCOC(=O)c1cc(-c2ccccc2)nc2cc3nc(-c4ccccc4)cc(C(=O)OCCCCCCCC)c3cc12. The highest BCUT2D eigenvalue weighted by molar-refractivity contribution is 6.12. The van der Waals surface area contributed by atoms with E-state index < -0.39 is 11.9 Å². The smallest absolute Gasteiger partial charge is 0.338 e. The van der Waals surface area contributed by atoms with Crippen LogP contribution in [0.4, 0.5) is 0 Å². The van der Waals surface area contributed by atoms with Gasteiger partial charge in [0.05, 0.1) is 46.8 Å². The Kier molecular flexibility index (Phi) is 13.1. The Morgan fingerprint density at radius 3 is 1.31 bits per heavy atom. The number of hydrogen-bond donors (Lipinski definition) is 0. The van der Waals surface area contributed by atoms with E-state index in [4.69, 9.17) is 19.4 Å². The molecule has 0 N–H and O–H groups in total. The van der Waals surface area contributed by atoms with Crippen LogP contribution in [0.1, 0.15) is 112 Å². The number of unbranched alkanes of at least 4 members (excludes halogenated alkanes) is 10. The van der Waals surface area contributed by atoms with Crippen LogP contribution < -0.4 is 0 Å². The monoisotopic (exact) mass is 644 g/mol. The molecule has 0 radical (unpaired) electrons. The summed E-state index contributed by atoms with van der Waals surface area (Å²) >= 11 is 0. The molecular weight excluding hydrogens is 596 g/mol. The van der Waals surface area contributed by atoms with Crippen LogP contribution in [0.5, 0.6) is 0 Å². The average Bonchev–Trinajstić information content (AvgIpc) is 3.12. The summed E-state index contributed by atoms with van der Waals surface area (Å²) in [5, 5.41) is 1.24. The van der Waals surface area contributed by atoms with Crippen LogP contribution >= 0.6 is 0 Å². The lowest BCUT2D eigenvalue weighted by Crippen LogP contribution is -2.10. The number of aromatic nitrogens is 2. The predicted octanol–water partition coefficient (Wildman–Crippen LogP) is 11.2. The van der Waals surface area contributed by atoms with Crippen molar-refractivity contribution in [3.05, 3.63) is 96.1 Å². The summed E-state index contributed by atoms with van der Waals surface area (Å²) in [6.45, 7) is 5.13. The lowest BCUT2D eigenvalue weighted by atomic mass is 9.99. The van der Waals surface area contributed by atoms with E-state index in [0.29, 0.717) is 57.5 Å². The van der Waals surface area contributed by atoms with Crippen molar-refractivity contribution in [1.82, 2.24) is 9.97 Å². The number of ether oxygens (including phenoxy) is 2. The summed E-state index contributed by atoms with van der Waals surface area (Å²) in [6.07, 6.45) is 13.3. The zero-order chi connectivity index (χ0) is 33.6. The molecule has 6 heteroatoms. The molecule has 2 aromatic heterocycles. The van der Waals surface area contributed by atoms with Crippen molar-refractivity contribution in [2.45, 2.75) is 90.9 Å². The molecule has 3 aromatic carbocycles. The lowest BCUT2D eigenvalue weighted by molar-refractivity contribution is 0.0491. The van der Waals surface area contributed by atoms with Gasteiger partial charge in [0.1, 0.15) is 0 Å². The largest absolute Gasteiger partial charge is 0.462 e. The number of hydrogen-bond acceptors (Lipinski definition) is 6. The Bertz CT molecular complexity index is 1660. The van der Waals surface area contributed by atoms with Crippen LogP contribution in [0, 0.1) is 0 Å². The first-order valence-corrected chi connectivity index (χ1v) is 17.8. The van der Waals surface area contributed by atoms with Crippen molar-refractivity contribution in [2.75, 3.05) is 13.2 Å². The van der Waals surface area contributed by atoms with Gasteiger partial charge in [0, 0.05) is 21.9 Å². The number of fused-ring (bicyclic) bond motifs is 2. The number of rotatable bonds is 18. The summed E-state index contributed by atoms with van der Waals surface area (Å²) in [7, 11) is 0. The van der Waals surface area contributed by atoms with Gasteiger partial charge in [0.2, 0.25) is 0 Å². The summed E-state index contributed by atoms with van der Waals surface area (Å²) < 4.78 is 11.7. The quantitative estimate of drug-likeness (QED) is 0.0536. The van der Waals surface area contributed by atoms with Gasteiger partial charge in [-0.15, -0.1) is 0 Å². The van der Waals surface area contributed by atoms with Gasteiger partial charge in [-0.25, -0.2) is 19.6 Å². The minimum atomic E-state index is -0.395. The van der Waals surface area contributed by atoms with Crippen molar-refractivity contribution in [3.63, 3.8) is 0 Å². The zero-order valence-corrected chi connectivity index (χ0v) is 28.5. The Balaban J connectivity index is 1.52. The molecule has 0 amide bonds.